The highest BCUT2D eigenvalue weighted by molar-refractivity contribution is 5.96. The fraction of sp³-hybridized carbons (Fsp3) is 0.111. The summed E-state index contributed by atoms with van der Waals surface area (Å²) in [6.45, 7) is 0. The summed E-state index contributed by atoms with van der Waals surface area (Å²) in [6.07, 6.45) is 31.4. The number of hydrogen-bond acceptors (Lipinski definition) is 0. The van der Waals surface area contributed by atoms with Gasteiger partial charge in [-0.2, -0.15) is 0 Å². The quantitative estimate of drug-likeness (QED) is 0.363. The smallest absolute Gasteiger partial charge is 0.0131 e. The zero-order valence-electron chi connectivity index (χ0n) is 20.4. The van der Waals surface area contributed by atoms with Crippen molar-refractivity contribution in [2.24, 2.45) is 11.8 Å². The molecule has 0 N–H and O–H groups in total. The van der Waals surface area contributed by atoms with Gasteiger partial charge in [-0.25, -0.2) is 0 Å². The minimum atomic E-state index is 0.285. The maximum absolute atomic E-state index is 2.38. The van der Waals surface area contributed by atoms with Crippen LogP contribution in [0.2, 0.25) is 0 Å². The van der Waals surface area contributed by atoms with E-state index in [4.69, 9.17) is 0 Å². The van der Waals surface area contributed by atoms with Crippen molar-refractivity contribution in [2.45, 2.75) is 12.8 Å². The van der Waals surface area contributed by atoms with Crippen LogP contribution in [-0.4, -0.2) is 0 Å². The van der Waals surface area contributed by atoms with Crippen LogP contribution in [0.1, 0.15) is 18.4 Å². The lowest BCUT2D eigenvalue weighted by molar-refractivity contribution is 0.645. The van der Waals surface area contributed by atoms with Crippen LogP contribution in [-0.2, 0) is 0 Å². The fourth-order valence-corrected chi connectivity index (χ4v) is 5.64. The highest BCUT2D eigenvalue weighted by Gasteiger charge is 2.28. The molecule has 3 aromatic rings. The first-order chi connectivity index (χ1) is 17.9. The second kappa shape index (κ2) is 10.2. The van der Waals surface area contributed by atoms with Crippen LogP contribution >= 0.6 is 0 Å². The van der Waals surface area contributed by atoms with E-state index in [1.165, 1.54) is 44.2 Å². The standard InChI is InChI=1S/C36H30/c1-2-7-18-34(36-21-11-10-20-35(36)33(17-6-1)27-13-4-3-5-14-27)30-25-23-29(24-26-30)32-22-12-16-28-15-8-9-19-31(28)32/h1-4,6-13,15-26,35-36H,5,14H2/b6-1-,7-2-,33-17+,34-18+. The van der Waals surface area contributed by atoms with Gasteiger partial charge >= 0.3 is 0 Å². The van der Waals surface area contributed by atoms with Crippen molar-refractivity contribution in [3.05, 3.63) is 162 Å². The summed E-state index contributed by atoms with van der Waals surface area (Å²) in [5, 5.41) is 2.57. The van der Waals surface area contributed by atoms with Gasteiger partial charge in [0, 0.05) is 11.8 Å². The number of hydrogen-bond donors (Lipinski definition) is 0. The van der Waals surface area contributed by atoms with Gasteiger partial charge in [-0.3, -0.25) is 0 Å². The van der Waals surface area contributed by atoms with Gasteiger partial charge < -0.3 is 0 Å². The summed E-state index contributed by atoms with van der Waals surface area (Å²) in [6, 6.07) is 24.4. The number of benzene rings is 3. The SMILES string of the molecule is C1=CCCC(\C2=C/C=C\C=C/C=C(\c3ccc(-c4cccc5ccccc45)cc3)C3C=CC=CC23)=C1. The number of allylic oxidation sites excluding steroid dienone is 16. The highest BCUT2D eigenvalue weighted by Crippen LogP contribution is 2.42. The molecule has 2 atom stereocenters. The molecule has 0 saturated carbocycles. The van der Waals surface area contributed by atoms with Crippen LogP contribution < -0.4 is 0 Å². The average molecular weight is 463 g/mol. The van der Waals surface area contributed by atoms with Crippen molar-refractivity contribution >= 4 is 16.3 Å². The normalized spacial score (nSPS) is 25.7. The lowest BCUT2D eigenvalue weighted by atomic mass is 9.73. The van der Waals surface area contributed by atoms with Crippen LogP contribution in [0.15, 0.2) is 157 Å². The Kier molecular flexibility index (Phi) is 6.33. The predicted octanol–water partition coefficient (Wildman–Crippen LogP) is 9.58. The lowest BCUT2D eigenvalue weighted by Gasteiger charge is -2.31. The van der Waals surface area contributed by atoms with E-state index in [0.29, 0.717) is 5.92 Å². The van der Waals surface area contributed by atoms with E-state index in [9.17, 15) is 0 Å². The molecule has 0 aliphatic heterocycles. The van der Waals surface area contributed by atoms with Crippen LogP contribution in [0.3, 0.4) is 0 Å². The Morgan fingerprint density at radius 1 is 0.528 bits per heavy atom. The molecule has 0 heterocycles. The predicted molar refractivity (Wildman–Crippen MR) is 155 cm³/mol. The zero-order valence-corrected chi connectivity index (χ0v) is 20.4. The molecule has 3 aromatic carbocycles. The molecule has 174 valence electrons. The molecule has 0 aromatic heterocycles. The first kappa shape index (κ1) is 22.3. The molecule has 0 radical (unpaired) electrons. The Morgan fingerprint density at radius 2 is 1.22 bits per heavy atom. The Balaban J connectivity index is 1.40. The molecular formula is C36H30. The van der Waals surface area contributed by atoms with Gasteiger partial charge in [-0.1, -0.05) is 146 Å². The minimum absolute atomic E-state index is 0.285. The second-order valence-electron chi connectivity index (χ2n) is 9.60. The summed E-state index contributed by atoms with van der Waals surface area (Å²) in [5.41, 5.74) is 8.05. The van der Waals surface area contributed by atoms with Gasteiger partial charge in [-0.05, 0) is 57.0 Å². The van der Waals surface area contributed by atoms with Gasteiger partial charge in [0.2, 0.25) is 0 Å². The van der Waals surface area contributed by atoms with E-state index in [2.05, 4.69) is 146 Å². The van der Waals surface area contributed by atoms with Crippen molar-refractivity contribution in [2.75, 3.05) is 0 Å². The van der Waals surface area contributed by atoms with Gasteiger partial charge in [0.05, 0.1) is 0 Å². The Bertz CT molecular complexity index is 1500. The van der Waals surface area contributed by atoms with E-state index in [1.54, 1.807) is 0 Å². The van der Waals surface area contributed by atoms with Gasteiger partial charge in [0.15, 0.2) is 0 Å². The molecule has 3 aliphatic rings. The van der Waals surface area contributed by atoms with Crippen LogP contribution in [0.4, 0.5) is 0 Å². The molecule has 0 spiro atoms. The summed E-state index contributed by atoms with van der Waals surface area (Å²) >= 11 is 0. The summed E-state index contributed by atoms with van der Waals surface area (Å²) in [4.78, 5) is 0. The van der Waals surface area contributed by atoms with Crippen molar-refractivity contribution in [3.63, 3.8) is 0 Å². The third-order valence-corrected chi connectivity index (χ3v) is 7.44. The number of rotatable bonds is 3. The fourth-order valence-electron chi connectivity index (χ4n) is 5.64. The molecule has 2 unspecified atom stereocenters. The van der Waals surface area contributed by atoms with Gasteiger partial charge in [0.1, 0.15) is 0 Å². The molecule has 0 bridgehead atoms. The van der Waals surface area contributed by atoms with E-state index >= 15 is 0 Å². The minimum Gasteiger partial charge on any atom is -0.0842 e. The highest BCUT2D eigenvalue weighted by atomic mass is 14.3. The summed E-state index contributed by atoms with van der Waals surface area (Å²) in [7, 11) is 0. The van der Waals surface area contributed by atoms with E-state index in [-0.39, 0.29) is 5.92 Å². The zero-order chi connectivity index (χ0) is 24.2. The number of fused-ring (bicyclic) bond motifs is 2. The molecule has 0 saturated heterocycles. The largest absolute Gasteiger partial charge is 0.0842 e. The maximum atomic E-state index is 2.38. The van der Waals surface area contributed by atoms with Gasteiger partial charge in [0.25, 0.3) is 0 Å². The Morgan fingerprint density at radius 3 is 2.00 bits per heavy atom. The molecule has 0 fully saturated rings. The van der Waals surface area contributed by atoms with Crippen molar-refractivity contribution in [1.82, 2.24) is 0 Å². The van der Waals surface area contributed by atoms with Crippen LogP contribution in [0, 0.1) is 11.8 Å². The van der Waals surface area contributed by atoms with Gasteiger partial charge in [-0.15, -0.1) is 0 Å². The third kappa shape index (κ3) is 4.43. The molecular weight excluding hydrogens is 432 g/mol. The van der Waals surface area contributed by atoms with E-state index in [1.807, 2.05) is 0 Å². The Hall–Kier alpha value is -4.16. The molecule has 0 amide bonds. The average Bonchev–Trinajstić information content (AvgIpc) is 2.95. The molecule has 6 rings (SSSR count). The summed E-state index contributed by atoms with van der Waals surface area (Å²) in [5.74, 6) is 0.598. The monoisotopic (exact) mass is 462 g/mol. The molecule has 0 heteroatoms. The third-order valence-electron chi connectivity index (χ3n) is 7.44. The molecule has 0 nitrogen and oxygen atoms in total. The molecule has 3 aliphatic carbocycles. The van der Waals surface area contributed by atoms with Crippen LogP contribution in [0.25, 0.3) is 27.5 Å². The van der Waals surface area contributed by atoms with Crippen molar-refractivity contribution in [3.8, 4) is 11.1 Å². The summed E-state index contributed by atoms with van der Waals surface area (Å²) < 4.78 is 0. The topological polar surface area (TPSA) is 0 Å². The maximum Gasteiger partial charge on any atom is 0.0131 e. The lowest BCUT2D eigenvalue weighted by Crippen LogP contribution is -2.19. The second-order valence-corrected chi connectivity index (χ2v) is 9.60. The van der Waals surface area contributed by atoms with Crippen molar-refractivity contribution < 1.29 is 0 Å². The molecule has 36 heavy (non-hydrogen) atoms. The van der Waals surface area contributed by atoms with E-state index in [0.717, 1.165) is 12.8 Å². The first-order valence-corrected chi connectivity index (χ1v) is 12.9. The van der Waals surface area contributed by atoms with Crippen molar-refractivity contribution in [1.29, 1.82) is 0 Å². The van der Waals surface area contributed by atoms with Crippen LogP contribution in [0.5, 0.6) is 0 Å². The Labute approximate surface area is 214 Å². The van der Waals surface area contributed by atoms with E-state index < -0.39 is 0 Å². The first-order valence-electron chi connectivity index (χ1n) is 12.9.